The van der Waals surface area contributed by atoms with E-state index in [9.17, 15) is 0 Å². The third-order valence-corrected chi connectivity index (χ3v) is 4.73. The van der Waals surface area contributed by atoms with E-state index in [4.69, 9.17) is 4.74 Å². The van der Waals surface area contributed by atoms with E-state index in [-0.39, 0.29) is 0 Å². The lowest BCUT2D eigenvalue weighted by Gasteiger charge is -2.29. The highest BCUT2D eigenvalue weighted by molar-refractivity contribution is 5.31. The van der Waals surface area contributed by atoms with E-state index < -0.39 is 0 Å². The van der Waals surface area contributed by atoms with Crippen molar-refractivity contribution in [3.8, 4) is 5.75 Å². The van der Waals surface area contributed by atoms with Crippen LogP contribution in [-0.4, -0.2) is 31.1 Å². The lowest BCUT2D eigenvalue weighted by molar-refractivity contribution is 0.160. The third kappa shape index (κ3) is 6.91. The van der Waals surface area contributed by atoms with Crippen LogP contribution in [0.4, 0.5) is 0 Å². The van der Waals surface area contributed by atoms with Crippen LogP contribution in [0.2, 0.25) is 0 Å². The number of hydrogen-bond donors (Lipinski definition) is 0. The SMILES string of the molecule is CC.CC1CCN(CCOc2ccc(Cc3ccccc3)cc2)CC1. The third-order valence-electron chi connectivity index (χ3n) is 4.73. The zero-order chi connectivity index (χ0) is 17.9. The summed E-state index contributed by atoms with van der Waals surface area (Å²) in [6, 6.07) is 19.1. The van der Waals surface area contributed by atoms with Gasteiger partial charge < -0.3 is 4.74 Å². The van der Waals surface area contributed by atoms with Crippen molar-refractivity contribution >= 4 is 0 Å². The molecule has 2 heteroatoms. The molecular weight excluding hydrogens is 306 g/mol. The van der Waals surface area contributed by atoms with Crippen LogP contribution >= 0.6 is 0 Å². The molecule has 0 unspecified atom stereocenters. The molecule has 0 saturated carbocycles. The Balaban J connectivity index is 0.00000109. The lowest BCUT2D eigenvalue weighted by Crippen LogP contribution is -2.35. The fourth-order valence-corrected chi connectivity index (χ4v) is 3.11. The van der Waals surface area contributed by atoms with Gasteiger partial charge in [0.25, 0.3) is 0 Å². The van der Waals surface area contributed by atoms with E-state index in [1.165, 1.54) is 37.1 Å². The van der Waals surface area contributed by atoms with Gasteiger partial charge in [0.2, 0.25) is 0 Å². The minimum Gasteiger partial charge on any atom is -0.492 e. The van der Waals surface area contributed by atoms with E-state index >= 15 is 0 Å². The van der Waals surface area contributed by atoms with Crippen LogP contribution in [0, 0.1) is 5.92 Å². The van der Waals surface area contributed by atoms with Gasteiger partial charge in [-0.15, -0.1) is 0 Å². The molecular formula is C23H33NO. The maximum atomic E-state index is 5.90. The van der Waals surface area contributed by atoms with Gasteiger partial charge in [0.05, 0.1) is 0 Å². The Bertz CT molecular complexity index is 571. The van der Waals surface area contributed by atoms with E-state index in [1.807, 2.05) is 13.8 Å². The summed E-state index contributed by atoms with van der Waals surface area (Å²) in [5.74, 6) is 1.87. The van der Waals surface area contributed by atoms with Crippen molar-refractivity contribution in [3.63, 3.8) is 0 Å². The molecule has 0 N–H and O–H groups in total. The van der Waals surface area contributed by atoms with E-state index in [0.29, 0.717) is 0 Å². The van der Waals surface area contributed by atoms with Crippen LogP contribution in [0.25, 0.3) is 0 Å². The Morgan fingerprint density at radius 2 is 1.48 bits per heavy atom. The summed E-state index contributed by atoms with van der Waals surface area (Å²) in [4.78, 5) is 2.52. The molecule has 1 saturated heterocycles. The summed E-state index contributed by atoms with van der Waals surface area (Å²) in [5, 5.41) is 0. The van der Waals surface area contributed by atoms with Crippen LogP contribution < -0.4 is 4.74 Å². The van der Waals surface area contributed by atoms with Crippen LogP contribution in [0.1, 0.15) is 44.7 Å². The van der Waals surface area contributed by atoms with Crippen molar-refractivity contribution in [2.45, 2.75) is 40.0 Å². The van der Waals surface area contributed by atoms with Gasteiger partial charge in [-0.05, 0) is 61.5 Å². The highest BCUT2D eigenvalue weighted by Crippen LogP contribution is 2.17. The van der Waals surface area contributed by atoms with Gasteiger partial charge in [0, 0.05) is 6.54 Å². The predicted octanol–water partition coefficient (Wildman–Crippen LogP) is 5.41. The average molecular weight is 340 g/mol. The Labute approximate surface area is 153 Å². The number of benzene rings is 2. The van der Waals surface area contributed by atoms with Gasteiger partial charge in [-0.25, -0.2) is 0 Å². The van der Waals surface area contributed by atoms with Gasteiger partial charge in [0.1, 0.15) is 12.4 Å². The topological polar surface area (TPSA) is 12.5 Å². The van der Waals surface area contributed by atoms with Crippen molar-refractivity contribution in [1.29, 1.82) is 0 Å². The molecule has 0 aromatic heterocycles. The molecule has 1 aliphatic heterocycles. The Morgan fingerprint density at radius 1 is 0.880 bits per heavy atom. The average Bonchev–Trinajstić information content (AvgIpc) is 2.67. The monoisotopic (exact) mass is 339 g/mol. The normalized spacial score (nSPS) is 15.3. The smallest absolute Gasteiger partial charge is 0.119 e. The summed E-state index contributed by atoms with van der Waals surface area (Å²) in [5.41, 5.74) is 2.68. The van der Waals surface area contributed by atoms with E-state index in [1.54, 1.807) is 0 Å². The van der Waals surface area contributed by atoms with Crippen molar-refractivity contribution in [2.75, 3.05) is 26.2 Å². The number of hydrogen-bond acceptors (Lipinski definition) is 2. The molecule has 0 bridgehead atoms. The lowest BCUT2D eigenvalue weighted by atomic mass is 9.99. The fraction of sp³-hybridized carbons (Fsp3) is 0.478. The summed E-state index contributed by atoms with van der Waals surface area (Å²) in [7, 11) is 0. The van der Waals surface area contributed by atoms with Crippen molar-refractivity contribution in [2.24, 2.45) is 5.92 Å². The number of likely N-dealkylation sites (tertiary alicyclic amines) is 1. The maximum absolute atomic E-state index is 5.90. The van der Waals surface area contributed by atoms with Crippen molar-refractivity contribution in [1.82, 2.24) is 4.90 Å². The second-order valence-electron chi connectivity index (χ2n) is 6.68. The summed E-state index contributed by atoms with van der Waals surface area (Å²) >= 11 is 0. The number of nitrogens with zero attached hydrogens (tertiary/aromatic N) is 1. The largest absolute Gasteiger partial charge is 0.492 e. The molecule has 2 aromatic rings. The highest BCUT2D eigenvalue weighted by atomic mass is 16.5. The zero-order valence-electron chi connectivity index (χ0n) is 16.1. The molecule has 2 aromatic carbocycles. The van der Waals surface area contributed by atoms with E-state index in [2.05, 4.69) is 66.4 Å². The summed E-state index contributed by atoms with van der Waals surface area (Å²) < 4.78 is 5.90. The van der Waals surface area contributed by atoms with Gasteiger partial charge in [-0.2, -0.15) is 0 Å². The summed E-state index contributed by atoms with van der Waals surface area (Å²) in [6.45, 7) is 10.6. The molecule has 136 valence electrons. The summed E-state index contributed by atoms with van der Waals surface area (Å²) in [6.07, 6.45) is 3.63. The van der Waals surface area contributed by atoms with Crippen LogP contribution in [-0.2, 0) is 6.42 Å². The molecule has 0 aliphatic carbocycles. The highest BCUT2D eigenvalue weighted by Gasteiger charge is 2.14. The standard InChI is InChI=1S/C21H27NO.C2H6/c1-18-11-13-22(14-12-18)15-16-23-21-9-7-20(8-10-21)17-19-5-3-2-4-6-19;1-2/h2-10,18H,11-17H2,1H3;1-2H3. The van der Waals surface area contributed by atoms with Crippen molar-refractivity contribution < 1.29 is 4.74 Å². The number of ether oxygens (including phenoxy) is 1. The zero-order valence-corrected chi connectivity index (χ0v) is 16.1. The second-order valence-corrected chi connectivity index (χ2v) is 6.68. The molecule has 25 heavy (non-hydrogen) atoms. The van der Waals surface area contributed by atoms with Crippen molar-refractivity contribution in [3.05, 3.63) is 65.7 Å². The first-order valence-electron chi connectivity index (χ1n) is 9.77. The molecule has 0 atom stereocenters. The second kappa shape index (κ2) is 10.9. The molecule has 0 radical (unpaired) electrons. The van der Waals surface area contributed by atoms with Gasteiger partial charge in [0.15, 0.2) is 0 Å². The van der Waals surface area contributed by atoms with E-state index in [0.717, 1.165) is 31.2 Å². The first-order valence-corrected chi connectivity index (χ1v) is 9.77. The number of rotatable bonds is 6. The molecule has 3 rings (SSSR count). The van der Waals surface area contributed by atoms with Crippen LogP contribution in [0.5, 0.6) is 5.75 Å². The number of piperidine rings is 1. The minimum absolute atomic E-state index is 0.784. The molecule has 1 heterocycles. The first-order chi connectivity index (χ1) is 12.3. The quantitative estimate of drug-likeness (QED) is 0.697. The Hall–Kier alpha value is -1.80. The molecule has 2 nitrogen and oxygen atoms in total. The van der Waals surface area contributed by atoms with Gasteiger partial charge in [-0.1, -0.05) is 63.2 Å². The van der Waals surface area contributed by atoms with Crippen LogP contribution in [0.3, 0.4) is 0 Å². The van der Waals surface area contributed by atoms with Crippen LogP contribution in [0.15, 0.2) is 54.6 Å². The Morgan fingerprint density at radius 3 is 2.12 bits per heavy atom. The predicted molar refractivity (Wildman–Crippen MR) is 107 cm³/mol. The minimum atomic E-state index is 0.784. The molecule has 1 aliphatic rings. The van der Waals surface area contributed by atoms with Gasteiger partial charge >= 0.3 is 0 Å². The molecule has 0 spiro atoms. The fourth-order valence-electron chi connectivity index (χ4n) is 3.11. The maximum Gasteiger partial charge on any atom is 0.119 e. The molecule has 1 fully saturated rings. The Kier molecular flexibility index (Phi) is 8.54. The first kappa shape index (κ1) is 19.5. The molecule has 0 amide bonds. The van der Waals surface area contributed by atoms with Gasteiger partial charge in [-0.3, -0.25) is 4.90 Å².